The van der Waals surface area contributed by atoms with E-state index in [4.69, 9.17) is 12.2 Å². The van der Waals surface area contributed by atoms with Crippen molar-refractivity contribution in [3.05, 3.63) is 40.5 Å². The summed E-state index contributed by atoms with van der Waals surface area (Å²) < 4.78 is 0.928. The Morgan fingerprint density at radius 3 is 3.00 bits per heavy atom. The molecule has 0 spiro atoms. The zero-order valence-corrected chi connectivity index (χ0v) is 12.5. The Hall–Kier alpha value is -2.39. The molecule has 0 radical (unpaired) electrons. The number of amides is 2. The van der Waals surface area contributed by atoms with E-state index >= 15 is 0 Å². The Morgan fingerprint density at radius 1 is 1.43 bits per heavy atom. The maximum Gasteiger partial charge on any atom is 0.346 e. The van der Waals surface area contributed by atoms with Crippen LogP contribution < -0.4 is 5.73 Å². The topological polar surface area (TPSA) is 71.6 Å². The number of urea groups is 1. The van der Waals surface area contributed by atoms with Crippen LogP contribution in [0.15, 0.2) is 39.9 Å². The number of carbonyl (C=O) groups excluding carboxylic acids is 1. The number of aromatic nitrogens is 1. The molecule has 0 saturated carbocycles. The number of halogens is 1. The zero-order valence-electron chi connectivity index (χ0n) is 11.0. The van der Waals surface area contributed by atoms with Crippen LogP contribution in [0.1, 0.15) is 11.6 Å². The lowest BCUT2D eigenvalue weighted by atomic mass is 10.0. The lowest BCUT2D eigenvalue weighted by Crippen LogP contribution is -2.33. The van der Waals surface area contributed by atoms with Crippen LogP contribution in [-0.2, 0) is 0 Å². The van der Waals surface area contributed by atoms with Crippen LogP contribution in [0.25, 0.3) is 10.9 Å². The number of hydrogen-bond donors (Lipinski definition) is 1. The second kappa shape index (κ2) is 5.19. The molecule has 2 heterocycles. The van der Waals surface area contributed by atoms with Gasteiger partial charge in [0.25, 0.3) is 0 Å². The van der Waals surface area contributed by atoms with E-state index in [0.29, 0.717) is 0 Å². The highest BCUT2D eigenvalue weighted by atomic mass is 79.9. The van der Waals surface area contributed by atoms with E-state index in [1.807, 2.05) is 24.3 Å². The van der Waals surface area contributed by atoms with Crippen LogP contribution in [0.4, 0.5) is 4.79 Å². The molecule has 1 aliphatic rings. The number of rotatable bonds is 2. The lowest BCUT2D eigenvalue weighted by molar-refractivity contribution is 0.214. The average molecular weight is 343 g/mol. The molecular weight excluding hydrogens is 332 g/mol. The molecule has 1 aromatic carbocycles. The predicted octanol–water partition coefficient (Wildman–Crippen LogP) is 2.46. The van der Waals surface area contributed by atoms with E-state index in [-0.39, 0.29) is 12.4 Å². The third kappa shape index (κ3) is 2.16. The molecular formula is C15H11BrN4O. The zero-order chi connectivity index (χ0) is 15.0. The van der Waals surface area contributed by atoms with E-state index < -0.39 is 12.1 Å². The molecule has 1 atom stereocenters. The third-order valence-corrected chi connectivity index (χ3v) is 4.06. The van der Waals surface area contributed by atoms with Crippen molar-refractivity contribution >= 4 is 38.7 Å². The minimum atomic E-state index is -0.473. The number of hydrogen-bond acceptors (Lipinski definition) is 3. The SMILES string of the molecule is C#CCN1C(=O)N=C(N)C1c1ccc(Br)c2cccnc12. The number of benzene rings is 1. The molecule has 0 fully saturated rings. The van der Waals surface area contributed by atoms with Crippen LogP contribution in [0.3, 0.4) is 0 Å². The van der Waals surface area contributed by atoms with Gasteiger partial charge < -0.3 is 5.73 Å². The van der Waals surface area contributed by atoms with Gasteiger partial charge in [0.2, 0.25) is 0 Å². The highest BCUT2D eigenvalue weighted by Gasteiger charge is 2.35. The molecule has 6 heteroatoms. The van der Waals surface area contributed by atoms with Gasteiger partial charge in [0.05, 0.1) is 12.1 Å². The Morgan fingerprint density at radius 2 is 2.24 bits per heavy atom. The molecule has 1 aromatic heterocycles. The fraction of sp³-hybridized carbons (Fsp3) is 0.133. The smallest absolute Gasteiger partial charge is 0.346 e. The maximum absolute atomic E-state index is 11.9. The van der Waals surface area contributed by atoms with Crippen molar-refractivity contribution in [3.63, 3.8) is 0 Å². The summed E-state index contributed by atoms with van der Waals surface area (Å²) in [5.74, 6) is 2.71. The van der Waals surface area contributed by atoms with E-state index in [0.717, 1.165) is 20.9 Å². The molecule has 0 saturated heterocycles. The van der Waals surface area contributed by atoms with E-state index in [1.165, 1.54) is 4.90 Å². The molecule has 21 heavy (non-hydrogen) atoms. The van der Waals surface area contributed by atoms with Gasteiger partial charge in [-0.25, -0.2) is 4.79 Å². The van der Waals surface area contributed by atoms with Gasteiger partial charge in [-0.15, -0.1) is 6.42 Å². The number of fused-ring (bicyclic) bond motifs is 1. The average Bonchev–Trinajstić information content (AvgIpc) is 2.75. The van der Waals surface area contributed by atoms with Crippen molar-refractivity contribution in [2.75, 3.05) is 6.54 Å². The number of nitrogens with two attached hydrogens (primary N) is 1. The van der Waals surface area contributed by atoms with Crippen molar-refractivity contribution in [1.29, 1.82) is 0 Å². The lowest BCUT2D eigenvalue weighted by Gasteiger charge is -2.23. The van der Waals surface area contributed by atoms with Crippen LogP contribution in [0.5, 0.6) is 0 Å². The molecule has 5 nitrogen and oxygen atoms in total. The van der Waals surface area contributed by atoms with Crippen molar-refractivity contribution in [2.45, 2.75) is 6.04 Å². The maximum atomic E-state index is 11.9. The number of carbonyl (C=O) groups is 1. The number of terminal acetylenes is 1. The van der Waals surface area contributed by atoms with Crippen molar-refractivity contribution in [3.8, 4) is 12.3 Å². The first-order valence-corrected chi connectivity index (χ1v) is 7.04. The second-order valence-corrected chi connectivity index (χ2v) is 5.44. The Kier molecular flexibility index (Phi) is 3.35. The number of pyridine rings is 1. The molecule has 1 aliphatic heterocycles. The number of aliphatic imine (C=N–C) groups is 1. The van der Waals surface area contributed by atoms with Gasteiger partial charge in [-0.3, -0.25) is 9.88 Å². The van der Waals surface area contributed by atoms with Crippen LogP contribution in [0, 0.1) is 12.3 Å². The van der Waals surface area contributed by atoms with Gasteiger partial charge in [0.1, 0.15) is 11.9 Å². The number of amidine groups is 1. The summed E-state index contributed by atoms with van der Waals surface area (Å²) in [5.41, 5.74) is 7.52. The summed E-state index contributed by atoms with van der Waals surface area (Å²) >= 11 is 3.50. The molecule has 2 aromatic rings. The van der Waals surface area contributed by atoms with Crippen molar-refractivity contribution in [2.24, 2.45) is 10.7 Å². The summed E-state index contributed by atoms with van der Waals surface area (Å²) in [6.45, 7) is 0.151. The molecule has 2 amide bonds. The molecule has 3 rings (SSSR count). The first-order valence-electron chi connectivity index (χ1n) is 6.24. The highest BCUT2D eigenvalue weighted by molar-refractivity contribution is 9.10. The standard InChI is InChI=1S/C15H11BrN4O/c1-2-8-20-13(14(17)19-15(20)21)10-5-6-11(16)9-4-3-7-18-12(9)10/h1,3-7,13H,8H2,(H2,17,19,21). The Bertz CT molecular complexity index is 809. The summed E-state index contributed by atoms with van der Waals surface area (Å²) in [6.07, 6.45) is 7.04. The fourth-order valence-corrected chi connectivity index (χ4v) is 2.92. The largest absolute Gasteiger partial charge is 0.385 e. The molecule has 2 N–H and O–H groups in total. The summed E-state index contributed by atoms with van der Waals surface area (Å²) in [7, 11) is 0. The third-order valence-electron chi connectivity index (χ3n) is 3.37. The first kappa shape index (κ1) is 13.6. The highest BCUT2D eigenvalue weighted by Crippen LogP contribution is 2.33. The molecule has 0 aliphatic carbocycles. The Labute approximate surface area is 130 Å². The second-order valence-electron chi connectivity index (χ2n) is 4.59. The van der Waals surface area contributed by atoms with Crippen LogP contribution in [-0.4, -0.2) is 28.3 Å². The van der Waals surface area contributed by atoms with Crippen molar-refractivity contribution in [1.82, 2.24) is 9.88 Å². The Balaban J connectivity index is 2.20. The molecule has 104 valence electrons. The van der Waals surface area contributed by atoms with Gasteiger partial charge in [0, 0.05) is 21.6 Å². The predicted molar refractivity (Wildman–Crippen MR) is 84.7 cm³/mol. The molecule has 1 unspecified atom stereocenters. The molecule has 0 bridgehead atoms. The van der Waals surface area contributed by atoms with Crippen LogP contribution >= 0.6 is 15.9 Å². The minimum absolute atomic E-state index is 0.151. The number of nitrogens with zero attached hydrogens (tertiary/aromatic N) is 3. The normalized spacial score (nSPS) is 17.9. The monoisotopic (exact) mass is 342 g/mol. The van der Waals surface area contributed by atoms with E-state index in [9.17, 15) is 4.79 Å². The summed E-state index contributed by atoms with van der Waals surface area (Å²) in [6, 6.07) is 6.71. The fourth-order valence-electron chi connectivity index (χ4n) is 2.47. The van der Waals surface area contributed by atoms with Crippen molar-refractivity contribution < 1.29 is 4.79 Å². The summed E-state index contributed by atoms with van der Waals surface area (Å²) in [5, 5.41) is 0.947. The van der Waals surface area contributed by atoms with E-state index in [1.54, 1.807) is 6.20 Å². The van der Waals surface area contributed by atoms with Crippen LogP contribution in [0.2, 0.25) is 0 Å². The van der Waals surface area contributed by atoms with E-state index in [2.05, 4.69) is 31.8 Å². The summed E-state index contributed by atoms with van der Waals surface area (Å²) in [4.78, 5) is 21.6. The first-order chi connectivity index (χ1) is 10.1. The van der Waals surface area contributed by atoms with Gasteiger partial charge in [0.15, 0.2) is 0 Å². The van der Waals surface area contributed by atoms with Gasteiger partial charge in [-0.1, -0.05) is 34.0 Å². The minimum Gasteiger partial charge on any atom is -0.385 e. The quantitative estimate of drug-likeness (QED) is 0.852. The van der Waals surface area contributed by atoms with Gasteiger partial charge in [-0.2, -0.15) is 4.99 Å². The van der Waals surface area contributed by atoms with Gasteiger partial charge in [-0.05, 0) is 12.1 Å². The van der Waals surface area contributed by atoms with Gasteiger partial charge >= 0.3 is 6.03 Å².